The quantitative estimate of drug-likeness (QED) is 0.279. The van der Waals surface area contributed by atoms with E-state index in [1.807, 2.05) is 13.8 Å². The largest absolute Gasteiger partial charge is 0.497 e. The standard InChI is InChI=1S/C30H36ClN3O5S/c1-5-6-18-32-30(36)23(3)33(20-24-13-16-26(39-4)17-14-24)29(35)21-34(25-15-12-22(2)28(31)19-25)40(37,38)27-10-8-7-9-11-27/h7-17,19,23H,5-6,18,20-21H2,1-4H3,(H,32,36)/t23-/m1/s1. The lowest BCUT2D eigenvalue weighted by Gasteiger charge is -2.32. The molecule has 3 rings (SSSR count). The van der Waals surface area contributed by atoms with Crippen molar-refractivity contribution in [3.63, 3.8) is 0 Å². The maximum atomic E-state index is 13.9. The summed E-state index contributed by atoms with van der Waals surface area (Å²) < 4.78 is 33.9. The highest BCUT2D eigenvalue weighted by Gasteiger charge is 2.32. The van der Waals surface area contributed by atoms with E-state index in [9.17, 15) is 18.0 Å². The number of hydrogen-bond acceptors (Lipinski definition) is 5. The average Bonchev–Trinajstić information content (AvgIpc) is 2.96. The first-order valence-corrected chi connectivity index (χ1v) is 14.9. The number of nitrogens with one attached hydrogen (secondary N) is 1. The van der Waals surface area contributed by atoms with Crippen LogP contribution in [0.2, 0.25) is 5.02 Å². The second-order valence-corrected chi connectivity index (χ2v) is 11.7. The highest BCUT2D eigenvalue weighted by atomic mass is 35.5. The zero-order valence-electron chi connectivity index (χ0n) is 23.3. The van der Waals surface area contributed by atoms with Crippen molar-refractivity contribution in [3.05, 3.63) is 88.9 Å². The van der Waals surface area contributed by atoms with Gasteiger partial charge in [-0.1, -0.05) is 61.3 Å². The number of carbonyl (C=O) groups is 2. The summed E-state index contributed by atoms with van der Waals surface area (Å²) in [4.78, 5) is 28.4. The Balaban J connectivity index is 2.00. The molecule has 40 heavy (non-hydrogen) atoms. The van der Waals surface area contributed by atoms with Crippen molar-refractivity contribution < 1.29 is 22.7 Å². The fourth-order valence-electron chi connectivity index (χ4n) is 4.03. The molecule has 0 saturated heterocycles. The minimum atomic E-state index is -4.15. The molecule has 0 heterocycles. The Morgan fingerprint density at radius 1 is 1.02 bits per heavy atom. The summed E-state index contributed by atoms with van der Waals surface area (Å²) >= 11 is 6.36. The van der Waals surface area contributed by atoms with Crippen molar-refractivity contribution in [2.75, 3.05) is 24.5 Å². The van der Waals surface area contributed by atoms with Crippen molar-refractivity contribution in [3.8, 4) is 5.75 Å². The molecule has 0 radical (unpaired) electrons. The Morgan fingerprint density at radius 3 is 2.30 bits per heavy atom. The van der Waals surface area contributed by atoms with Gasteiger partial charge in [0, 0.05) is 18.1 Å². The van der Waals surface area contributed by atoms with E-state index in [0.29, 0.717) is 17.3 Å². The highest BCUT2D eigenvalue weighted by molar-refractivity contribution is 7.92. The van der Waals surface area contributed by atoms with Crippen LogP contribution in [0.4, 0.5) is 5.69 Å². The van der Waals surface area contributed by atoms with E-state index >= 15 is 0 Å². The van der Waals surface area contributed by atoms with Crippen LogP contribution >= 0.6 is 11.6 Å². The van der Waals surface area contributed by atoms with Crippen LogP contribution in [-0.4, -0.2) is 51.4 Å². The van der Waals surface area contributed by atoms with E-state index in [4.69, 9.17) is 16.3 Å². The topological polar surface area (TPSA) is 96.0 Å². The number of carbonyl (C=O) groups excluding carboxylic acids is 2. The molecule has 8 nitrogen and oxygen atoms in total. The van der Waals surface area contributed by atoms with Crippen molar-refractivity contribution in [1.29, 1.82) is 0 Å². The molecule has 0 bridgehead atoms. The van der Waals surface area contributed by atoms with Gasteiger partial charge >= 0.3 is 0 Å². The molecule has 0 aliphatic carbocycles. The maximum absolute atomic E-state index is 13.9. The van der Waals surface area contributed by atoms with Crippen LogP contribution in [0.1, 0.15) is 37.8 Å². The lowest BCUT2D eigenvalue weighted by molar-refractivity contribution is -0.139. The number of aryl methyl sites for hydroxylation is 1. The number of sulfonamides is 1. The van der Waals surface area contributed by atoms with Gasteiger partial charge in [-0.15, -0.1) is 0 Å². The average molecular weight is 586 g/mol. The number of benzene rings is 3. The van der Waals surface area contributed by atoms with E-state index < -0.39 is 28.5 Å². The van der Waals surface area contributed by atoms with Crippen LogP contribution in [0.3, 0.4) is 0 Å². The van der Waals surface area contributed by atoms with Crippen LogP contribution in [0.5, 0.6) is 5.75 Å². The minimum absolute atomic E-state index is 0.0339. The molecule has 0 aliphatic rings. The Bertz CT molecular complexity index is 1400. The SMILES string of the molecule is CCCCNC(=O)[C@@H](C)N(Cc1ccc(OC)cc1)C(=O)CN(c1ccc(C)c(Cl)c1)S(=O)(=O)c1ccccc1. The van der Waals surface area contributed by atoms with Gasteiger partial charge in [-0.2, -0.15) is 0 Å². The monoisotopic (exact) mass is 585 g/mol. The molecule has 0 saturated carbocycles. The minimum Gasteiger partial charge on any atom is -0.497 e. The number of hydrogen-bond donors (Lipinski definition) is 1. The number of amides is 2. The van der Waals surface area contributed by atoms with Crippen LogP contribution in [0.15, 0.2) is 77.7 Å². The lowest BCUT2D eigenvalue weighted by Crippen LogP contribution is -2.51. The molecule has 0 fully saturated rings. The Morgan fingerprint density at radius 2 is 1.70 bits per heavy atom. The third kappa shape index (κ3) is 7.76. The third-order valence-corrected chi connectivity index (χ3v) is 8.76. The van der Waals surface area contributed by atoms with Gasteiger partial charge in [-0.25, -0.2) is 8.42 Å². The highest BCUT2D eigenvalue weighted by Crippen LogP contribution is 2.28. The predicted molar refractivity (Wildman–Crippen MR) is 158 cm³/mol. The van der Waals surface area contributed by atoms with Gasteiger partial charge in [0.25, 0.3) is 10.0 Å². The zero-order valence-corrected chi connectivity index (χ0v) is 24.8. The van der Waals surface area contributed by atoms with Crippen molar-refractivity contribution >= 4 is 39.1 Å². The van der Waals surface area contributed by atoms with Crippen LogP contribution in [0, 0.1) is 6.92 Å². The van der Waals surface area contributed by atoms with E-state index in [2.05, 4.69) is 5.32 Å². The molecular formula is C30H36ClN3O5S. The van der Waals surface area contributed by atoms with Gasteiger partial charge in [0.15, 0.2) is 0 Å². The molecule has 1 atom stereocenters. The summed E-state index contributed by atoms with van der Waals surface area (Å²) in [7, 11) is -2.59. The van der Waals surface area contributed by atoms with Crippen LogP contribution in [0.25, 0.3) is 0 Å². The van der Waals surface area contributed by atoms with Gasteiger partial charge < -0.3 is 15.0 Å². The van der Waals surface area contributed by atoms with E-state index in [1.54, 1.807) is 68.6 Å². The summed E-state index contributed by atoms with van der Waals surface area (Å²) in [5.41, 5.74) is 1.78. The summed E-state index contributed by atoms with van der Waals surface area (Å²) in [5, 5.41) is 3.25. The molecular weight excluding hydrogens is 550 g/mol. The molecule has 0 spiro atoms. The molecule has 2 amide bonds. The van der Waals surface area contributed by atoms with Crippen LogP contribution in [-0.2, 0) is 26.2 Å². The second kappa shape index (κ2) is 14.2. The molecule has 3 aromatic carbocycles. The number of methoxy groups -OCH3 is 1. The maximum Gasteiger partial charge on any atom is 0.264 e. The molecule has 0 unspecified atom stereocenters. The second-order valence-electron chi connectivity index (χ2n) is 9.45. The fourth-order valence-corrected chi connectivity index (χ4v) is 5.63. The van der Waals surface area contributed by atoms with Crippen molar-refractivity contribution in [1.82, 2.24) is 10.2 Å². The molecule has 0 aromatic heterocycles. The lowest BCUT2D eigenvalue weighted by atomic mass is 10.1. The normalized spacial score (nSPS) is 11.9. The molecule has 10 heteroatoms. The van der Waals surface area contributed by atoms with Crippen LogP contribution < -0.4 is 14.4 Å². The summed E-state index contributed by atoms with van der Waals surface area (Å²) in [6, 6.07) is 19.0. The van der Waals surface area contributed by atoms with Gasteiger partial charge in [0.2, 0.25) is 11.8 Å². The van der Waals surface area contributed by atoms with Crippen molar-refractivity contribution in [2.24, 2.45) is 0 Å². The summed E-state index contributed by atoms with van der Waals surface area (Å²) in [6.07, 6.45) is 1.72. The number of ether oxygens (including phenoxy) is 1. The number of unbranched alkanes of at least 4 members (excludes halogenated alkanes) is 1. The molecule has 1 N–H and O–H groups in total. The van der Waals surface area contributed by atoms with E-state index in [0.717, 1.165) is 28.3 Å². The smallest absolute Gasteiger partial charge is 0.264 e. The summed E-state index contributed by atoms with van der Waals surface area (Å²) in [6.45, 7) is 5.53. The summed E-state index contributed by atoms with van der Waals surface area (Å²) in [5.74, 6) is -0.195. The van der Waals surface area contributed by atoms with Crippen molar-refractivity contribution in [2.45, 2.75) is 51.1 Å². The Hall–Kier alpha value is -3.56. The zero-order chi connectivity index (χ0) is 29.3. The predicted octanol–water partition coefficient (Wildman–Crippen LogP) is 5.19. The molecule has 0 aliphatic heterocycles. The Labute approximate surface area is 241 Å². The number of rotatable bonds is 13. The van der Waals surface area contributed by atoms with Gasteiger partial charge in [0.1, 0.15) is 18.3 Å². The number of anilines is 1. The first-order valence-electron chi connectivity index (χ1n) is 13.1. The first-order chi connectivity index (χ1) is 19.1. The fraction of sp³-hybridized carbons (Fsp3) is 0.333. The van der Waals surface area contributed by atoms with Gasteiger partial charge in [-0.3, -0.25) is 13.9 Å². The van der Waals surface area contributed by atoms with E-state index in [-0.39, 0.29) is 23.0 Å². The van der Waals surface area contributed by atoms with Gasteiger partial charge in [0.05, 0.1) is 17.7 Å². The first kappa shape index (κ1) is 31.0. The Kier molecular flexibility index (Phi) is 11.0. The van der Waals surface area contributed by atoms with E-state index in [1.165, 1.54) is 23.1 Å². The molecule has 214 valence electrons. The number of nitrogens with zero attached hydrogens (tertiary/aromatic N) is 2. The third-order valence-electron chi connectivity index (χ3n) is 6.56. The van der Waals surface area contributed by atoms with Gasteiger partial charge in [-0.05, 0) is 67.8 Å². The molecule has 3 aromatic rings. The number of halogens is 1.